The monoisotopic (exact) mass is 523 g/mol. The number of hydrogen-bond donors (Lipinski definition) is 8. The summed E-state index contributed by atoms with van der Waals surface area (Å²) in [5.41, 5.74) is 11.3. The highest BCUT2D eigenvalue weighted by atomic mass is 16.4. The number of aliphatic carboxylic acids is 2. The second-order valence-electron chi connectivity index (χ2n) is 8.42. The summed E-state index contributed by atoms with van der Waals surface area (Å²) in [5, 5.41) is 35.4. The minimum Gasteiger partial charge on any atom is -0.481 e. The summed E-state index contributed by atoms with van der Waals surface area (Å²) < 4.78 is 0. The smallest absolute Gasteiger partial charge is 0.326 e. The van der Waals surface area contributed by atoms with Gasteiger partial charge in [-0.05, 0) is 25.3 Å². The zero-order chi connectivity index (χ0) is 28.1. The molecule has 0 radical (unpaired) electrons. The Bertz CT molecular complexity index is 971. The molecule has 0 bridgehead atoms. The lowest BCUT2D eigenvalue weighted by atomic mass is 10.0. The standard InChI is InChI=1S/C23H33N5O9/c1-12(29)19(28-20(33)14(24)7-9-17(25)30)22(35)26-15(8-10-18(31)32)21(34)27-16(23(36)37)11-13-5-3-2-4-6-13/h2-6,12,14-16,19,29H,7-11,24H2,1H3,(H2,25,30)(H,26,35)(H,27,34)(H,28,33)(H,31,32)(H,36,37). The molecule has 0 saturated carbocycles. The van der Waals surface area contributed by atoms with E-state index in [1.54, 1.807) is 30.3 Å². The molecule has 0 aliphatic carbocycles. The number of carboxylic acids is 2. The van der Waals surface area contributed by atoms with Crippen LogP contribution in [0.2, 0.25) is 0 Å². The van der Waals surface area contributed by atoms with E-state index >= 15 is 0 Å². The summed E-state index contributed by atoms with van der Waals surface area (Å²) in [6.07, 6.45) is -2.78. The minimum atomic E-state index is -1.59. The van der Waals surface area contributed by atoms with Gasteiger partial charge in [0.2, 0.25) is 23.6 Å². The van der Waals surface area contributed by atoms with E-state index in [-0.39, 0.29) is 19.3 Å². The van der Waals surface area contributed by atoms with Gasteiger partial charge in [-0.2, -0.15) is 0 Å². The lowest BCUT2D eigenvalue weighted by Gasteiger charge is -2.26. The highest BCUT2D eigenvalue weighted by Crippen LogP contribution is 2.07. The lowest BCUT2D eigenvalue weighted by molar-refractivity contribution is -0.143. The number of aliphatic hydroxyl groups is 1. The fourth-order valence-electron chi connectivity index (χ4n) is 3.21. The van der Waals surface area contributed by atoms with Gasteiger partial charge < -0.3 is 42.7 Å². The first kappa shape index (κ1) is 31.0. The van der Waals surface area contributed by atoms with E-state index in [4.69, 9.17) is 16.6 Å². The fraction of sp³-hybridized carbons (Fsp3) is 0.478. The summed E-state index contributed by atoms with van der Waals surface area (Å²) >= 11 is 0. The highest BCUT2D eigenvalue weighted by molar-refractivity contribution is 5.94. The Morgan fingerprint density at radius 2 is 1.43 bits per heavy atom. The van der Waals surface area contributed by atoms with Gasteiger partial charge in [-0.3, -0.25) is 24.0 Å². The zero-order valence-electron chi connectivity index (χ0n) is 20.3. The van der Waals surface area contributed by atoms with Gasteiger partial charge in [0.05, 0.1) is 12.1 Å². The van der Waals surface area contributed by atoms with E-state index in [2.05, 4.69) is 16.0 Å². The van der Waals surface area contributed by atoms with Crippen LogP contribution in [0.15, 0.2) is 30.3 Å². The third-order valence-corrected chi connectivity index (χ3v) is 5.28. The van der Waals surface area contributed by atoms with Gasteiger partial charge in [-0.15, -0.1) is 0 Å². The van der Waals surface area contributed by atoms with Crippen LogP contribution in [0, 0.1) is 0 Å². The van der Waals surface area contributed by atoms with Gasteiger partial charge >= 0.3 is 11.9 Å². The fourth-order valence-corrected chi connectivity index (χ4v) is 3.21. The second-order valence-corrected chi connectivity index (χ2v) is 8.42. The molecule has 1 aromatic carbocycles. The maximum atomic E-state index is 12.9. The maximum absolute atomic E-state index is 12.9. The van der Waals surface area contributed by atoms with Crippen molar-refractivity contribution in [3.63, 3.8) is 0 Å². The minimum absolute atomic E-state index is 0.0724. The van der Waals surface area contributed by atoms with Crippen molar-refractivity contribution in [2.24, 2.45) is 11.5 Å². The Balaban J connectivity index is 2.98. The van der Waals surface area contributed by atoms with E-state index in [9.17, 15) is 39.0 Å². The number of aliphatic hydroxyl groups excluding tert-OH is 1. The first-order valence-corrected chi connectivity index (χ1v) is 11.4. The average Bonchev–Trinajstić information content (AvgIpc) is 2.82. The molecule has 37 heavy (non-hydrogen) atoms. The molecule has 1 aromatic rings. The number of carboxylic acid groups (broad SMARTS) is 2. The van der Waals surface area contributed by atoms with Crippen LogP contribution in [0.5, 0.6) is 0 Å². The van der Waals surface area contributed by atoms with Crippen LogP contribution < -0.4 is 27.4 Å². The largest absolute Gasteiger partial charge is 0.481 e. The van der Waals surface area contributed by atoms with E-state index in [0.29, 0.717) is 5.56 Å². The van der Waals surface area contributed by atoms with Crippen LogP contribution in [0.1, 0.15) is 38.2 Å². The molecular formula is C23H33N5O9. The molecule has 4 amide bonds. The maximum Gasteiger partial charge on any atom is 0.326 e. The van der Waals surface area contributed by atoms with Gasteiger partial charge in [0.25, 0.3) is 0 Å². The second kappa shape index (κ2) is 15.2. The molecule has 0 spiro atoms. The summed E-state index contributed by atoms with van der Waals surface area (Å²) in [4.78, 5) is 71.7. The van der Waals surface area contributed by atoms with Gasteiger partial charge in [-0.1, -0.05) is 30.3 Å². The van der Waals surface area contributed by atoms with Gasteiger partial charge in [0.15, 0.2) is 0 Å². The van der Waals surface area contributed by atoms with Crippen LogP contribution in [-0.4, -0.2) is 81.2 Å². The topological polar surface area (TPSA) is 251 Å². The van der Waals surface area contributed by atoms with Gasteiger partial charge in [-0.25, -0.2) is 4.79 Å². The molecule has 0 aromatic heterocycles. The van der Waals surface area contributed by atoms with E-state index in [0.717, 1.165) is 0 Å². The van der Waals surface area contributed by atoms with E-state index in [1.165, 1.54) is 6.92 Å². The molecule has 0 aliphatic rings. The van der Waals surface area contributed by atoms with Crippen LogP contribution in [0.25, 0.3) is 0 Å². The Morgan fingerprint density at radius 1 is 0.838 bits per heavy atom. The molecule has 0 aliphatic heterocycles. The van der Waals surface area contributed by atoms with Crippen LogP contribution in [-0.2, 0) is 35.2 Å². The van der Waals surface area contributed by atoms with Crippen molar-refractivity contribution >= 4 is 35.6 Å². The van der Waals surface area contributed by atoms with E-state index in [1.807, 2.05) is 0 Å². The van der Waals surface area contributed by atoms with Crippen molar-refractivity contribution in [1.82, 2.24) is 16.0 Å². The van der Waals surface area contributed by atoms with Gasteiger partial charge in [0.1, 0.15) is 18.1 Å². The first-order chi connectivity index (χ1) is 17.3. The molecule has 14 heteroatoms. The molecule has 10 N–H and O–H groups in total. The molecule has 14 nitrogen and oxygen atoms in total. The lowest BCUT2D eigenvalue weighted by Crippen LogP contribution is -2.60. The summed E-state index contributed by atoms with van der Waals surface area (Å²) in [7, 11) is 0. The normalized spacial score (nSPS) is 14.8. The van der Waals surface area contributed by atoms with Crippen molar-refractivity contribution in [3.05, 3.63) is 35.9 Å². The third kappa shape index (κ3) is 11.5. The Morgan fingerprint density at radius 3 is 1.95 bits per heavy atom. The molecule has 0 saturated heterocycles. The molecule has 5 unspecified atom stereocenters. The number of rotatable bonds is 16. The van der Waals surface area contributed by atoms with Crippen molar-refractivity contribution < 1.29 is 44.1 Å². The van der Waals surface area contributed by atoms with Crippen LogP contribution >= 0.6 is 0 Å². The predicted octanol–water partition coefficient (Wildman–Crippen LogP) is -2.39. The number of amides is 4. The summed E-state index contributed by atoms with van der Waals surface area (Å²) in [6.45, 7) is 1.19. The average molecular weight is 524 g/mol. The number of hydrogen-bond acceptors (Lipinski definition) is 8. The highest BCUT2D eigenvalue weighted by Gasteiger charge is 2.32. The van der Waals surface area contributed by atoms with Crippen molar-refractivity contribution in [3.8, 4) is 0 Å². The molecule has 204 valence electrons. The molecule has 0 fully saturated rings. The number of nitrogens with two attached hydrogens (primary N) is 2. The number of nitrogens with one attached hydrogen (secondary N) is 3. The quantitative estimate of drug-likeness (QED) is 0.114. The summed E-state index contributed by atoms with van der Waals surface area (Å²) in [5.74, 6) is -6.18. The third-order valence-electron chi connectivity index (χ3n) is 5.28. The van der Waals surface area contributed by atoms with Gasteiger partial charge in [0, 0.05) is 19.3 Å². The first-order valence-electron chi connectivity index (χ1n) is 11.4. The number of primary amides is 1. The van der Waals surface area contributed by atoms with Crippen LogP contribution in [0.3, 0.4) is 0 Å². The molecular weight excluding hydrogens is 490 g/mol. The number of carbonyl (C=O) groups excluding carboxylic acids is 4. The SMILES string of the molecule is CC(O)C(NC(=O)C(N)CCC(N)=O)C(=O)NC(CCC(=O)O)C(=O)NC(Cc1ccccc1)C(=O)O. The molecule has 1 rings (SSSR count). The Kier molecular flexibility index (Phi) is 12.7. The molecule has 5 atom stereocenters. The molecule has 0 heterocycles. The number of benzene rings is 1. The Labute approximate surface area is 212 Å². The Hall–Kier alpha value is -4.04. The van der Waals surface area contributed by atoms with Crippen molar-refractivity contribution in [2.45, 2.75) is 69.3 Å². The van der Waals surface area contributed by atoms with Crippen molar-refractivity contribution in [2.75, 3.05) is 0 Å². The number of carbonyl (C=O) groups is 6. The predicted molar refractivity (Wildman–Crippen MR) is 129 cm³/mol. The van der Waals surface area contributed by atoms with Crippen molar-refractivity contribution in [1.29, 1.82) is 0 Å². The zero-order valence-corrected chi connectivity index (χ0v) is 20.3. The summed E-state index contributed by atoms with van der Waals surface area (Å²) in [6, 6.07) is 2.75. The van der Waals surface area contributed by atoms with E-state index < -0.39 is 78.7 Å². The van der Waals surface area contributed by atoms with Crippen LogP contribution in [0.4, 0.5) is 0 Å².